The number of nitrogens with zero attached hydrogens (tertiary/aromatic N) is 1. The van der Waals surface area contributed by atoms with Crippen molar-refractivity contribution in [2.75, 3.05) is 10.7 Å². The van der Waals surface area contributed by atoms with Crippen LogP contribution in [0, 0.1) is 5.92 Å². The van der Waals surface area contributed by atoms with E-state index in [4.69, 9.17) is 11.6 Å². The minimum atomic E-state index is -3.23. The highest BCUT2D eigenvalue weighted by Crippen LogP contribution is 2.30. The van der Waals surface area contributed by atoms with E-state index in [0.29, 0.717) is 23.0 Å². The van der Waals surface area contributed by atoms with E-state index in [1.165, 1.54) is 24.7 Å². The number of amides is 1. The van der Waals surface area contributed by atoms with Crippen molar-refractivity contribution in [2.24, 2.45) is 5.92 Å². The number of hydrogen-bond donors (Lipinski definition) is 0. The van der Waals surface area contributed by atoms with Gasteiger partial charge in [0, 0.05) is 22.5 Å². The van der Waals surface area contributed by atoms with Crippen molar-refractivity contribution in [3.05, 3.63) is 40.8 Å². The van der Waals surface area contributed by atoms with Crippen molar-refractivity contribution < 1.29 is 13.2 Å². The molecule has 1 aliphatic carbocycles. The van der Waals surface area contributed by atoms with E-state index in [1.807, 2.05) is 6.07 Å². The number of sulfone groups is 1. The van der Waals surface area contributed by atoms with Gasteiger partial charge in [0.25, 0.3) is 0 Å². The first-order chi connectivity index (χ1) is 11.4. The van der Waals surface area contributed by atoms with Crippen LogP contribution in [0.25, 0.3) is 0 Å². The van der Waals surface area contributed by atoms with Gasteiger partial charge in [-0.1, -0.05) is 36.9 Å². The first-order valence-electron chi connectivity index (χ1n) is 8.43. The second kappa shape index (κ2) is 7.28. The molecule has 1 atom stereocenters. The standard InChI is InChI=1S/C18H22ClNO3S/c19-15-7-4-8-16(12-15)20(17-9-10-24(22,23)13-17)18(21)11-14-5-2-1-3-6-14/h4,7-10,12,14,17H,1-3,5-6,11,13H2/t17-/m1/s1. The maximum atomic E-state index is 13.0. The number of rotatable bonds is 4. The molecule has 1 heterocycles. The minimum absolute atomic E-state index is 0.0177. The lowest BCUT2D eigenvalue weighted by Crippen LogP contribution is -2.42. The van der Waals surface area contributed by atoms with Crippen LogP contribution in [0.4, 0.5) is 5.69 Å². The molecular formula is C18H22ClNO3S. The summed E-state index contributed by atoms with van der Waals surface area (Å²) in [5, 5.41) is 1.75. The van der Waals surface area contributed by atoms with Gasteiger partial charge in [0.1, 0.15) is 0 Å². The first kappa shape index (κ1) is 17.5. The summed E-state index contributed by atoms with van der Waals surface area (Å²) >= 11 is 6.07. The fourth-order valence-corrected chi connectivity index (χ4v) is 5.06. The number of anilines is 1. The van der Waals surface area contributed by atoms with Crippen LogP contribution in [-0.2, 0) is 14.6 Å². The van der Waals surface area contributed by atoms with Gasteiger partial charge in [-0.25, -0.2) is 8.42 Å². The molecule has 4 nitrogen and oxygen atoms in total. The van der Waals surface area contributed by atoms with E-state index >= 15 is 0 Å². The van der Waals surface area contributed by atoms with Crippen LogP contribution in [0.2, 0.25) is 5.02 Å². The van der Waals surface area contributed by atoms with Crippen LogP contribution in [0.5, 0.6) is 0 Å². The Balaban J connectivity index is 1.84. The van der Waals surface area contributed by atoms with Crippen molar-refractivity contribution in [2.45, 2.75) is 44.6 Å². The zero-order valence-corrected chi connectivity index (χ0v) is 15.1. The molecule has 1 aromatic rings. The average Bonchev–Trinajstić information content (AvgIpc) is 2.88. The average molecular weight is 368 g/mol. The Bertz CT molecular complexity index is 738. The molecule has 1 saturated carbocycles. The number of carbonyl (C=O) groups is 1. The summed E-state index contributed by atoms with van der Waals surface area (Å²) in [6.07, 6.45) is 7.82. The molecule has 0 unspecified atom stereocenters. The summed E-state index contributed by atoms with van der Waals surface area (Å²) in [7, 11) is -3.23. The molecule has 1 aromatic carbocycles. The fraction of sp³-hybridized carbons (Fsp3) is 0.500. The maximum Gasteiger partial charge on any atom is 0.227 e. The Morgan fingerprint density at radius 2 is 1.96 bits per heavy atom. The Hall–Kier alpha value is -1.33. The lowest BCUT2D eigenvalue weighted by Gasteiger charge is -2.30. The molecular weight excluding hydrogens is 346 g/mol. The molecule has 0 spiro atoms. The largest absolute Gasteiger partial charge is 0.304 e. The van der Waals surface area contributed by atoms with Crippen molar-refractivity contribution >= 4 is 33.0 Å². The quantitative estimate of drug-likeness (QED) is 0.809. The Morgan fingerprint density at radius 3 is 2.58 bits per heavy atom. The molecule has 3 rings (SSSR count). The topological polar surface area (TPSA) is 54.5 Å². The number of hydrogen-bond acceptors (Lipinski definition) is 3. The summed E-state index contributed by atoms with van der Waals surface area (Å²) in [5.41, 5.74) is 0.662. The second-order valence-electron chi connectivity index (χ2n) is 6.68. The predicted octanol–water partition coefficient (Wildman–Crippen LogP) is 3.95. The molecule has 0 radical (unpaired) electrons. The zero-order chi connectivity index (χ0) is 17.2. The van der Waals surface area contributed by atoms with Crippen molar-refractivity contribution in [3.63, 3.8) is 0 Å². The van der Waals surface area contributed by atoms with Gasteiger partial charge in [-0.15, -0.1) is 0 Å². The molecule has 0 bridgehead atoms. The van der Waals surface area contributed by atoms with Gasteiger partial charge in [0.2, 0.25) is 5.91 Å². The van der Waals surface area contributed by atoms with Crippen LogP contribution in [0.1, 0.15) is 38.5 Å². The summed E-state index contributed by atoms with van der Waals surface area (Å²) in [6, 6.07) is 6.61. The molecule has 1 aliphatic heterocycles. The van der Waals surface area contributed by atoms with Crippen LogP contribution < -0.4 is 4.90 Å². The maximum absolute atomic E-state index is 13.0. The molecule has 1 fully saturated rings. The summed E-state index contributed by atoms with van der Waals surface area (Å²) in [6.45, 7) is 0. The monoisotopic (exact) mass is 367 g/mol. The minimum Gasteiger partial charge on any atom is -0.304 e. The highest BCUT2D eigenvalue weighted by atomic mass is 35.5. The molecule has 1 amide bonds. The summed E-state index contributed by atoms with van der Waals surface area (Å²) in [4.78, 5) is 14.6. The van der Waals surface area contributed by atoms with Crippen LogP contribution in [0.3, 0.4) is 0 Å². The van der Waals surface area contributed by atoms with E-state index in [1.54, 1.807) is 29.2 Å². The van der Waals surface area contributed by atoms with Gasteiger partial charge in [0.15, 0.2) is 9.84 Å². The first-order valence-corrected chi connectivity index (χ1v) is 10.5. The summed E-state index contributed by atoms with van der Waals surface area (Å²) < 4.78 is 23.6. The molecule has 6 heteroatoms. The zero-order valence-electron chi connectivity index (χ0n) is 13.5. The lowest BCUT2D eigenvalue weighted by atomic mass is 9.86. The van der Waals surface area contributed by atoms with Gasteiger partial charge in [-0.2, -0.15) is 0 Å². The molecule has 0 aromatic heterocycles. The van der Waals surface area contributed by atoms with E-state index < -0.39 is 15.9 Å². The normalized spacial score (nSPS) is 23.3. The van der Waals surface area contributed by atoms with Crippen molar-refractivity contribution in [1.82, 2.24) is 0 Å². The van der Waals surface area contributed by atoms with Crippen molar-refractivity contribution in [1.29, 1.82) is 0 Å². The molecule has 24 heavy (non-hydrogen) atoms. The number of carbonyl (C=O) groups excluding carboxylic acids is 1. The van der Waals surface area contributed by atoms with E-state index in [9.17, 15) is 13.2 Å². The number of benzene rings is 1. The van der Waals surface area contributed by atoms with E-state index in [-0.39, 0.29) is 11.7 Å². The van der Waals surface area contributed by atoms with Gasteiger partial charge in [-0.05, 0) is 43.0 Å². The second-order valence-corrected chi connectivity index (χ2v) is 9.04. The fourth-order valence-electron chi connectivity index (χ4n) is 3.60. The molecule has 0 N–H and O–H groups in total. The predicted molar refractivity (Wildman–Crippen MR) is 96.8 cm³/mol. The third-order valence-electron chi connectivity index (χ3n) is 4.79. The van der Waals surface area contributed by atoms with Gasteiger partial charge in [-0.3, -0.25) is 4.79 Å². The molecule has 130 valence electrons. The smallest absolute Gasteiger partial charge is 0.227 e. The molecule has 0 saturated heterocycles. The van der Waals surface area contributed by atoms with E-state index in [0.717, 1.165) is 12.8 Å². The Morgan fingerprint density at radius 1 is 1.21 bits per heavy atom. The Kier molecular flexibility index (Phi) is 5.30. The van der Waals surface area contributed by atoms with Gasteiger partial charge < -0.3 is 4.90 Å². The Labute approximate surface area is 148 Å². The SMILES string of the molecule is O=C(CC1CCCCC1)N(c1cccc(Cl)c1)[C@@H]1C=CS(=O)(=O)C1. The van der Waals surface area contributed by atoms with E-state index in [2.05, 4.69) is 0 Å². The third-order valence-corrected chi connectivity index (χ3v) is 6.40. The lowest BCUT2D eigenvalue weighted by molar-refractivity contribution is -0.120. The third kappa shape index (κ3) is 4.19. The van der Waals surface area contributed by atoms with Crippen LogP contribution in [-0.4, -0.2) is 26.1 Å². The highest BCUT2D eigenvalue weighted by Gasteiger charge is 2.32. The van der Waals surface area contributed by atoms with Crippen LogP contribution in [0.15, 0.2) is 35.7 Å². The number of halogens is 1. The summed E-state index contributed by atoms with van der Waals surface area (Å²) in [5.74, 6) is 0.321. The highest BCUT2D eigenvalue weighted by molar-refractivity contribution is 7.94. The van der Waals surface area contributed by atoms with Crippen molar-refractivity contribution in [3.8, 4) is 0 Å². The van der Waals surface area contributed by atoms with Crippen LogP contribution >= 0.6 is 11.6 Å². The molecule has 2 aliphatic rings. The van der Waals surface area contributed by atoms with Gasteiger partial charge in [0.05, 0.1) is 11.8 Å². The van der Waals surface area contributed by atoms with Gasteiger partial charge >= 0.3 is 0 Å².